The van der Waals surface area contributed by atoms with Crippen LogP contribution in [0.5, 0.6) is 0 Å². The summed E-state index contributed by atoms with van der Waals surface area (Å²) in [5, 5.41) is 0. The molecule has 1 nitrogen and oxygen atoms in total. The zero-order valence-electron chi connectivity index (χ0n) is 17.9. The van der Waals surface area contributed by atoms with Gasteiger partial charge in [-0.25, -0.2) is 0 Å². The highest BCUT2D eigenvalue weighted by atomic mass is 16.1. The van der Waals surface area contributed by atoms with Gasteiger partial charge in [-0.15, -0.1) is 0 Å². The molecule has 0 rings (SSSR count). The van der Waals surface area contributed by atoms with Gasteiger partial charge in [-0.3, -0.25) is 4.79 Å². The number of Topliss-reactive ketones (excluding diaryl/α,β-unsaturated/α-hetero) is 1. The van der Waals surface area contributed by atoms with Crippen molar-refractivity contribution in [1.82, 2.24) is 0 Å². The van der Waals surface area contributed by atoms with E-state index >= 15 is 0 Å². The van der Waals surface area contributed by atoms with Crippen LogP contribution in [0.1, 0.15) is 143 Å². The normalized spacial score (nSPS) is 11.4. The quantitative estimate of drug-likeness (QED) is 0.200. The van der Waals surface area contributed by atoms with Crippen LogP contribution >= 0.6 is 0 Å². The van der Waals surface area contributed by atoms with Crippen molar-refractivity contribution in [2.45, 2.75) is 143 Å². The molecule has 0 aromatic heterocycles. The summed E-state index contributed by atoms with van der Waals surface area (Å²) in [7, 11) is 0. The molecule has 0 aliphatic rings. The molecule has 0 radical (unpaired) electrons. The van der Waals surface area contributed by atoms with Crippen LogP contribution in [0, 0.1) is 5.92 Å². The van der Waals surface area contributed by atoms with Crippen LogP contribution in [0.3, 0.4) is 0 Å². The van der Waals surface area contributed by atoms with Crippen molar-refractivity contribution in [3.63, 3.8) is 0 Å². The molecule has 0 heterocycles. The molecule has 0 aromatic rings. The maximum absolute atomic E-state index is 11.5. The fourth-order valence-electron chi connectivity index (χ4n) is 3.49. The van der Waals surface area contributed by atoms with Crippen molar-refractivity contribution in [2.24, 2.45) is 5.92 Å². The molecule has 0 saturated carbocycles. The second-order valence-corrected chi connectivity index (χ2v) is 8.38. The van der Waals surface area contributed by atoms with Crippen LogP contribution in [0.25, 0.3) is 0 Å². The topological polar surface area (TPSA) is 17.1 Å². The van der Waals surface area contributed by atoms with Crippen LogP contribution in [-0.4, -0.2) is 5.78 Å². The lowest BCUT2D eigenvalue weighted by molar-refractivity contribution is -0.122. The zero-order valence-corrected chi connectivity index (χ0v) is 17.9. The Hall–Kier alpha value is -0.330. The van der Waals surface area contributed by atoms with Crippen molar-refractivity contribution in [3.8, 4) is 0 Å². The zero-order chi connectivity index (χ0) is 18.6. The standard InChI is InChI=1S/C24H48O/c1-4-5-6-7-8-9-10-11-12-13-14-15-16-17-18-19-20-21-22-24(25)23(2)3/h23H,4-22H2,1-3H3. The van der Waals surface area contributed by atoms with Crippen LogP contribution in [0.2, 0.25) is 0 Å². The Morgan fingerprint density at radius 2 is 0.800 bits per heavy atom. The Labute approximate surface area is 159 Å². The summed E-state index contributed by atoms with van der Waals surface area (Å²) in [5.74, 6) is 0.669. The van der Waals surface area contributed by atoms with Gasteiger partial charge >= 0.3 is 0 Å². The Balaban J connectivity index is 3.04. The predicted octanol–water partition coefficient (Wildman–Crippen LogP) is 8.64. The molecule has 0 fully saturated rings. The van der Waals surface area contributed by atoms with Crippen molar-refractivity contribution in [1.29, 1.82) is 0 Å². The maximum Gasteiger partial charge on any atom is 0.135 e. The van der Waals surface area contributed by atoms with Gasteiger partial charge in [0.2, 0.25) is 0 Å². The highest BCUT2D eigenvalue weighted by molar-refractivity contribution is 5.80. The maximum atomic E-state index is 11.5. The summed E-state index contributed by atoms with van der Waals surface area (Å²) in [6, 6.07) is 0. The molecule has 0 N–H and O–H groups in total. The summed E-state index contributed by atoms with van der Waals surface area (Å²) in [4.78, 5) is 11.5. The van der Waals surface area contributed by atoms with Gasteiger partial charge in [0.15, 0.2) is 0 Å². The number of hydrogen-bond donors (Lipinski definition) is 0. The number of hydrogen-bond acceptors (Lipinski definition) is 1. The Morgan fingerprint density at radius 1 is 0.520 bits per heavy atom. The van der Waals surface area contributed by atoms with Gasteiger partial charge in [-0.2, -0.15) is 0 Å². The average molecular weight is 353 g/mol. The van der Waals surface area contributed by atoms with Crippen molar-refractivity contribution >= 4 is 5.78 Å². The molecule has 0 aliphatic heterocycles. The molecule has 0 spiro atoms. The van der Waals surface area contributed by atoms with E-state index in [0.29, 0.717) is 5.78 Å². The van der Waals surface area contributed by atoms with Gasteiger partial charge in [-0.05, 0) is 6.42 Å². The minimum atomic E-state index is 0.228. The molecule has 0 bridgehead atoms. The predicted molar refractivity (Wildman–Crippen MR) is 113 cm³/mol. The third kappa shape index (κ3) is 19.8. The molecule has 150 valence electrons. The lowest BCUT2D eigenvalue weighted by Gasteiger charge is -2.05. The smallest absolute Gasteiger partial charge is 0.135 e. The highest BCUT2D eigenvalue weighted by Crippen LogP contribution is 2.14. The number of ketones is 1. The molecule has 0 amide bonds. The molecule has 0 unspecified atom stereocenters. The highest BCUT2D eigenvalue weighted by Gasteiger charge is 2.05. The first kappa shape index (κ1) is 24.7. The van der Waals surface area contributed by atoms with Crippen molar-refractivity contribution in [2.75, 3.05) is 0 Å². The van der Waals surface area contributed by atoms with Gasteiger partial charge in [0.1, 0.15) is 5.78 Å². The monoisotopic (exact) mass is 352 g/mol. The first-order valence-electron chi connectivity index (χ1n) is 11.7. The van der Waals surface area contributed by atoms with E-state index in [9.17, 15) is 4.79 Å². The van der Waals surface area contributed by atoms with Crippen molar-refractivity contribution in [3.05, 3.63) is 0 Å². The molecule has 25 heavy (non-hydrogen) atoms. The van der Waals surface area contributed by atoms with Gasteiger partial charge in [0, 0.05) is 12.3 Å². The number of carbonyl (C=O) groups excluding carboxylic acids is 1. The summed E-state index contributed by atoms with van der Waals surface area (Å²) in [6.45, 7) is 6.31. The summed E-state index contributed by atoms with van der Waals surface area (Å²) in [5.41, 5.74) is 0. The van der Waals surface area contributed by atoms with Crippen LogP contribution in [-0.2, 0) is 4.79 Å². The summed E-state index contributed by atoms with van der Waals surface area (Å²) < 4.78 is 0. The Bertz CT molecular complexity index is 269. The van der Waals surface area contributed by atoms with Crippen LogP contribution < -0.4 is 0 Å². The second-order valence-electron chi connectivity index (χ2n) is 8.38. The van der Waals surface area contributed by atoms with E-state index in [2.05, 4.69) is 6.92 Å². The third-order valence-corrected chi connectivity index (χ3v) is 5.42. The van der Waals surface area contributed by atoms with E-state index in [1.807, 2.05) is 13.8 Å². The first-order chi connectivity index (χ1) is 12.2. The van der Waals surface area contributed by atoms with Crippen LogP contribution in [0.4, 0.5) is 0 Å². The summed E-state index contributed by atoms with van der Waals surface area (Å²) in [6.07, 6.45) is 26.0. The number of carbonyl (C=O) groups is 1. The molecular formula is C24H48O. The molecule has 1 heteroatoms. The van der Waals surface area contributed by atoms with Gasteiger partial charge in [0.25, 0.3) is 0 Å². The van der Waals surface area contributed by atoms with E-state index in [4.69, 9.17) is 0 Å². The van der Waals surface area contributed by atoms with E-state index in [1.54, 1.807) is 0 Å². The molecule has 0 aliphatic carbocycles. The minimum Gasteiger partial charge on any atom is -0.299 e. The Kier molecular flexibility index (Phi) is 19.7. The van der Waals surface area contributed by atoms with Crippen molar-refractivity contribution < 1.29 is 4.79 Å². The number of unbranched alkanes of at least 4 members (excludes halogenated alkanes) is 17. The van der Waals surface area contributed by atoms with E-state index < -0.39 is 0 Å². The summed E-state index contributed by atoms with van der Waals surface area (Å²) >= 11 is 0. The molecule has 0 atom stereocenters. The van der Waals surface area contributed by atoms with E-state index in [-0.39, 0.29) is 5.92 Å². The largest absolute Gasteiger partial charge is 0.299 e. The molecule has 0 saturated heterocycles. The SMILES string of the molecule is CCCCCCCCCCCCCCCCCCCCC(=O)C(C)C. The number of rotatable bonds is 20. The average Bonchev–Trinajstić information content (AvgIpc) is 2.60. The van der Waals surface area contributed by atoms with Crippen LogP contribution in [0.15, 0.2) is 0 Å². The lowest BCUT2D eigenvalue weighted by atomic mass is 10.0. The fraction of sp³-hybridized carbons (Fsp3) is 0.958. The van der Waals surface area contributed by atoms with E-state index in [1.165, 1.54) is 109 Å². The molecule has 0 aromatic carbocycles. The second kappa shape index (κ2) is 20.0. The third-order valence-electron chi connectivity index (χ3n) is 5.42. The van der Waals surface area contributed by atoms with Gasteiger partial charge in [-0.1, -0.05) is 130 Å². The van der Waals surface area contributed by atoms with Gasteiger partial charge < -0.3 is 0 Å². The van der Waals surface area contributed by atoms with E-state index in [0.717, 1.165) is 12.8 Å². The van der Waals surface area contributed by atoms with Gasteiger partial charge in [0.05, 0.1) is 0 Å². The Morgan fingerprint density at radius 3 is 1.08 bits per heavy atom. The lowest BCUT2D eigenvalue weighted by Crippen LogP contribution is -2.05. The first-order valence-corrected chi connectivity index (χ1v) is 11.7. The molecular weight excluding hydrogens is 304 g/mol. The fourth-order valence-corrected chi connectivity index (χ4v) is 3.49. The minimum absolute atomic E-state index is 0.228.